The maximum absolute atomic E-state index is 11.8. The first-order chi connectivity index (χ1) is 17.9. The lowest BCUT2D eigenvalue weighted by Crippen LogP contribution is -2.39. The molecule has 4 heterocycles. The largest absolute Gasteiger partial charge is 0.393 e. The second-order valence-electron chi connectivity index (χ2n) is 9.65. The zero-order valence-corrected chi connectivity index (χ0v) is 23.8. The zero-order valence-electron chi connectivity index (χ0n) is 21.5. The van der Waals surface area contributed by atoms with Crippen molar-refractivity contribution in [3.05, 3.63) is 66.2 Å². The number of rotatable bonds is 6. The molecule has 0 saturated carbocycles. The number of hydrogen-bond donors (Lipinski definition) is 3. The number of aromatic amines is 2. The van der Waals surface area contributed by atoms with Crippen molar-refractivity contribution in [2.24, 2.45) is 11.8 Å². The number of aliphatic hydroxyl groups excluding tert-OH is 1. The number of ether oxygens (including phenoxy) is 2. The third kappa shape index (κ3) is 5.55. The van der Waals surface area contributed by atoms with Crippen LogP contribution in [-0.4, -0.2) is 58.7 Å². The molecule has 0 aliphatic carbocycles. The van der Waals surface area contributed by atoms with Crippen LogP contribution in [0, 0.1) is 11.8 Å². The highest BCUT2D eigenvalue weighted by atomic mass is 35.5. The van der Waals surface area contributed by atoms with E-state index < -0.39 is 51.5 Å². The number of nitrogens with one attached hydrogen (secondary N) is 2. The van der Waals surface area contributed by atoms with Crippen molar-refractivity contribution in [3.63, 3.8) is 0 Å². The molecule has 212 valence electrons. The average molecular weight is 596 g/mol. The van der Waals surface area contributed by atoms with E-state index in [1.807, 2.05) is 27.7 Å². The van der Waals surface area contributed by atoms with Crippen molar-refractivity contribution in [3.8, 4) is 0 Å². The van der Waals surface area contributed by atoms with Gasteiger partial charge in [0, 0.05) is 36.4 Å². The first-order valence-corrected chi connectivity index (χ1v) is 13.7. The minimum absolute atomic E-state index is 0.000458. The van der Waals surface area contributed by atoms with Gasteiger partial charge >= 0.3 is 11.4 Å². The van der Waals surface area contributed by atoms with E-state index in [1.54, 1.807) is 0 Å². The van der Waals surface area contributed by atoms with Crippen LogP contribution in [0.25, 0.3) is 0 Å². The van der Waals surface area contributed by atoms with Gasteiger partial charge in [0.25, 0.3) is 11.1 Å². The monoisotopic (exact) mass is 594 g/mol. The van der Waals surface area contributed by atoms with Crippen molar-refractivity contribution in [2.75, 3.05) is 12.5 Å². The maximum Gasteiger partial charge on any atom is 0.330 e. The molecule has 2 saturated heterocycles. The minimum atomic E-state index is -0.757. The standard InChI is InChI=1S/C12H16Cl2N2O3.C12H17ClN2O4/c1-3-12(6-13)7(2)9(14)10(19-12)16-5-4-8(17)15-11(16)18;1-3-12(6-16)7(2)9(13)10(19-12)15-5-4-8(17)14-11(15)18/h4-5,7,9-10H,3,6H2,1-2H3,(H,15,17,18);4-5,7,9-10,16H,3,6H2,1-2H3,(H,14,17,18)/t2*7-,9+,10+,12-/m00/s1. The fourth-order valence-electron chi connectivity index (χ4n) is 4.93. The zero-order chi connectivity index (χ0) is 28.4. The fraction of sp³-hybridized carbons (Fsp3) is 0.667. The Bertz CT molecular complexity index is 1230. The second kappa shape index (κ2) is 12.1. The number of alkyl halides is 3. The quantitative estimate of drug-likeness (QED) is 0.433. The van der Waals surface area contributed by atoms with Crippen molar-refractivity contribution < 1.29 is 14.6 Å². The third-order valence-electron chi connectivity index (χ3n) is 7.81. The summed E-state index contributed by atoms with van der Waals surface area (Å²) in [5, 5.41) is 8.70. The molecule has 0 aromatic carbocycles. The maximum atomic E-state index is 11.8. The third-order valence-corrected chi connectivity index (χ3v) is 9.45. The molecule has 14 heteroatoms. The smallest absolute Gasteiger partial charge is 0.330 e. The van der Waals surface area contributed by atoms with Crippen LogP contribution in [0.4, 0.5) is 0 Å². The molecule has 3 N–H and O–H groups in total. The molecule has 2 fully saturated rings. The Hall–Kier alpha value is -1.89. The molecular weight excluding hydrogens is 563 g/mol. The van der Waals surface area contributed by atoms with Crippen LogP contribution in [0.15, 0.2) is 43.7 Å². The number of aliphatic hydroxyl groups is 1. The first kappa shape index (κ1) is 30.6. The van der Waals surface area contributed by atoms with Gasteiger partial charge in [-0.1, -0.05) is 27.7 Å². The van der Waals surface area contributed by atoms with E-state index in [4.69, 9.17) is 44.3 Å². The van der Waals surface area contributed by atoms with E-state index in [-0.39, 0.29) is 23.8 Å². The lowest BCUT2D eigenvalue weighted by atomic mass is 9.87. The molecule has 8 atom stereocenters. The van der Waals surface area contributed by atoms with E-state index in [0.29, 0.717) is 18.7 Å². The van der Waals surface area contributed by atoms with Crippen molar-refractivity contribution in [1.29, 1.82) is 0 Å². The van der Waals surface area contributed by atoms with Crippen molar-refractivity contribution in [2.45, 2.75) is 74.9 Å². The van der Waals surface area contributed by atoms with Crippen LogP contribution >= 0.6 is 34.8 Å². The van der Waals surface area contributed by atoms with Crippen LogP contribution in [0.3, 0.4) is 0 Å². The summed E-state index contributed by atoms with van der Waals surface area (Å²) in [6, 6.07) is 2.51. The Balaban J connectivity index is 0.000000211. The van der Waals surface area contributed by atoms with Gasteiger partial charge < -0.3 is 14.6 Å². The Morgan fingerprint density at radius 1 is 0.842 bits per heavy atom. The minimum Gasteiger partial charge on any atom is -0.393 e. The number of hydrogen-bond acceptors (Lipinski definition) is 7. The molecular formula is C24H33Cl3N4O7. The summed E-state index contributed by atoms with van der Waals surface area (Å²) in [4.78, 5) is 50.1. The van der Waals surface area contributed by atoms with Crippen LogP contribution in [-0.2, 0) is 9.47 Å². The molecule has 38 heavy (non-hydrogen) atoms. The topological polar surface area (TPSA) is 148 Å². The molecule has 2 aliphatic heterocycles. The van der Waals surface area contributed by atoms with Gasteiger partial charge in [0.1, 0.15) is 0 Å². The molecule has 0 amide bonds. The number of H-pyrrole nitrogens is 2. The van der Waals surface area contributed by atoms with Gasteiger partial charge in [-0.05, 0) is 12.8 Å². The summed E-state index contributed by atoms with van der Waals surface area (Å²) < 4.78 is 14.4. The number of aromatic nitrogens is 4. The van der Waals surface area contributed by atoms with E-state index >= 15 is 0 Å². The van der Waals surface area contributed by atoms with Gasteiger partial charge in [0.05, 0.1) is 34.4 Å². The summed E-state index contributed by atoms with van der Waals surface area (Å²) in [5.74, 6) is 0.191. The van der Waals surface area contributed by atoms with Gasteiger partial charge in [-0.15, -0.1) is 34.8 Å². The Kier molecular flexibility index (Phi) is 9.76. The summed E-state index contributed by atoms with van der Waals surface area (Å²) in [6.07, 6.45) is 2.72. The van der Waals surface area contributed by atoms with Gasteiger partial charge in [0.15, 0.2) is 12.5 Å². The molecule has 0 spiro atoms. The molecule has 2 aromatic heterocycles. The van der Waals surface area contributed by atoms with Crippen molar-refractivity contribution >= 4 is 34.8 Å². The summed E-state index contributed by atoms with van der Waals surface area (Å²) in [6.45, 7) is 7.55. The molecule has 0 radical (unpaired) electrons. The summed E-state index contributed by atoms with van der Waals surface area (Å²) in [5.41, 5.74) is -3.32. The van der Waals surface area contributed by atoms with Crippen LogP contribution in [0.1, 0.15) is 53.0 Å². The number of nitrogens with zero attached hydrogens (tertiary/aromatic N) is 2. The van der Waals surface area contributed by atoms with E-state index in [0.717, 1.165) is 0 Å². The van der Waals surface area contributed by atoms with Crippen LogP contribution in [0.2, 0.25) is 0 Å². The Morgan fingerprint density at radius 2 is 1.24 bits per heavy atom. The highest BCUT2D eigenvalue weighted by Crippen LogP contribution is 2.47. The molecule has 0 unspecified atom stereocenters. The lowest BCUT2D eigenvalue weighted by molar-refractivity contribution is -0.112. The van der Waals surface area contributed by atoms with E-state index in [2.05, 4.69) is 9.97 Å². The average Bonchev–Trinajstić information content (AvgIpc) is 3.30. The summed E-state index contributed by atoms with van der Waals surface area (Å²) >= 11 is 18.7. The van der Waals surface area contributed by atoms with E-state index in [1.165, 1.54) is 33.7 Å². The van der Waals surface area contributed by atoms with Gasteiger partial charge in [-0.3, -0.25) is 28.7 Å². The van der Waals surface area contributed by atoms with Gasteiger partial charge in [0.2, 0.25) is 0 Å². The molecule has 11 nitrogen and oxygen atoms in total. The molecule has 2 aromatic rings. The number of halogens is 3. The summed E-state index contributed by atoms with van der Waals surface area (Å²) in [7, 11) is 0. The predicted molar refractivity (Wildman–Crippen MR) is 144 cm³/mol. The van der Waals surface area contributed by atoms with E-state index in [9.17, 15) is 24.3 Å². The van der Waals surface area contributed by atoms with Crippen LogP contribution < -0.4 is 22.5 Å². The predicted octanol–water partition coefficient (Wildman–Crippen LogP) is 2.15. The fourth-order valence-corrected chi connectivity index (χ4v) is 6.23. The SMILES string of the molecule is CC[C@@]1(CCl)O[C@@H](n2ccc(=O)[nH]c2=O)[C@H](Cl)[C@@H]1C.CC[C@@]1(CO)O[C@@H](n2ccc(=O)[nH]c2=O)[C@H](Cl)[C@@H]1C. The van der Waals surface area contributed by atoms with Gasteiger partial charge in [-0.2, -0.15) is 0 Å². The second-order valence-corrected chi connectivity index (χ2v) is 10.9. The molecule has 2 aliphatic rings. The van der Waals surface area contributed by atoms with Gasteiger partial charge in [-0.25, -0.2) is 9.59 Å². The lowest BCUT2D eigenvalue weighted by Gasteiger charge is -2.29. The van der Waals surface area contributed by atoms with Crippen LogP contribution in [0.5, 0.6) is 0 Å². The Labute approximate surface area is 233 Å². The normalized spacial score (nSPS) is 34.6. The Morgan fingerprint density at radius 3 is 1.53 bits per heavy atom. The molecule has 4 rings (SSSR count). The van der Waals surface area contributed by atoms with Crippen molar-refractivity contribution in [1.82, 2.24) is 19.1 Å². The highest BCUT2D eigenvalue weighted by molar-refractivity contribution is 6.22. The molecule has 0 bridgehead atoms. The first-order valence-electron chi connectivity index (χ1n) is 12.3. The highest BCUT2D eigenvalue weighted by Gasteiger charge is 2.52.